The quantitative estimate of drug-likeness (QED) is 0.646. The van der Waals surface area contributed by atoms with Gasteiger partial charge in [-0.3, -0.25) is 4.79 Å². The zero-order valence-corrected chi connectivity index (χ0v) is 13.5. The number of carbonyl (C=O) groups excluding carboxylic acids is 1. The van der Waals surface area contributed by atoms with Crippen molar-refractivity contribution in [3.8, 4) is 0 Å². The van der Waals surface area contributed by atoms with Gasteiger partial charge in [-0.05, 0) is 48.5 Å². The summed E-state index contributed by atoms with van der Waals surface area (Å²) in [5, 5.41) is 0. The molecule has 21 heavy (non-hydrogen) atoms. The summed E-state index contributed by atoms with van der Waals surface area (Å²) in [5.74, 6) is 1.87. The van der Waals surface area contributed by atoms with Gasteiger partial charge in [0, 0.05) is 12.0 Å². The van der Waals surface area contributed by atoms with Crippen LogP contribution >= 0.6 is 0 Å². The van der Waals surface area contributed by atoms with Crippen molar-refractivity contribution >= 4 is 5.78 Å². The Hall–Kier alpha value is -1.11. The zero-order chi connectivity index (χ0) is 14.9. The van der Waals surface area contributed by atoms with Gasteiger partial charge in [0.25, 0.3) is 0 Å². The van der Waals surface area contributed by atoms with Crippen LogP contribution in [0.4, 0.5) is 0 Å². The third-order valence-corrected chi connectivity index (χ3v) is 6.25. The van der Waals surface area contributed by atoms with Crippen molar-refractivity contribution in [2.75, 3.05) is 0 Å². The first kappa shape index (κ1) is 14.8. The SMILES string of the molecule is CCC(=O)c1ccc(C2CCC[C@H]3CCCC[C@]23C)cc1. The maximum Gasteiger partial charge on any atom is 0.162 e. The summed E-state index contributed by atoms with van der Waals surface area (Å²) >= 11 is 0. The molecule has 0 amide bonds. The fourth-order valence-electron chi connectivity index (χ4n) is 4.91. The molecule has 1 aromatic carbocycles. The van der Waals surface area contributed by atoms with Gasteiger partial charge in [-0.1, -0.05) is 57.4 Å². The van der Waals surface area contributed by atoms with E-state index in [1.807, 2.05) is 6.92 Å². The summed E-state index contributed by atoms with van der Waals surface area (Å²) in [5.41, 5.74) is 2.84. The van der Waals surface area contributed by atoms with E-state index in [-0.39, 0.29) is 5.78 Å². The second-order valence-electron chi connectivity index (χ2n) is 7.33. The van der Waals surface area contributed by atoms with Gasteiger partial charge in [-0.2, -0.15) is 0 Å². The molecule has 2 saturated carbocycles. The first-order chi connectivity index (χ1) is 10.1. The number of ketones is 1. The second kappa shape index (κ2) is 5.94. The van der Waals surface area contributed by atoms with Gasteiger partial charge in [0.1, 0.15) is 0 Å². The van der Waals surface area contributed by atoms with Gasteiger partial charge in [0.2, 0.25) is 0 Å². The summed E-state index contributed by atoms with van der Waals surface area (Å²) in [6.45, 7) is 4.47. The number of hydrogen-bond donors (Lipinski definition) is 0. The van der Waals surface area contributed by atoms with E-state index in [4.69, 9.17) is 0 Å². The number of fused-ring (bicyclic) bond motifs is 1. The lowest BCUT2D eigenvalue weighted by molar-refractivity contribution is 0.0392. The number of hydrogen-bond acceptors (Lipinski definition) is 1. The molecule has 1 heteroatoms. The third kappa shape index (κ3) is 2.67. The Balaban J connectivity index is 1.86. The molecule has 3 atom stereocenters. The monoisotopic (exact) mass is 284 g/mol. The first-order valence-electron chi connectivity index (χ1n) is 8.78. The van der Waals surface area contributed by atoms with Crippen molar-refractivity contribution in [2.45, 2.75) is 71.1 Å². The molecule has 1 nitrogen and oxygen atoms in total. The molecule has 1 unspecified atom stereocenters. The van der Waals surface area contributed by atoms with Crippen molar-refractivity contribution in [1.82, 2.24) is 0 Å². The van der Waals surface area contributed by atoms with E-state index in [0.717, 1.165) is 11.5 Å². The highest BCUT2D eigenvalue weighted by atomic mass is 16.1. The van der Waals surface area contributed by atoms with Gasteiger partial charge in [-0.15, -0.1) is 0 Å². The highest BCUT2D eigenvalue weighted by Gasteiger charge is 2.45. The lowest BCUT2D eigenvalue weighted by Gasteiger charge is -2.51. The molecule has 2 fully saturated rings. The Bertz CT molecular complexity index is 499. The van der Waals surface area contributed by atoms with Crippen LogP contribution in [0.5, 0.6) is 0 Å². The van der Waals surface area contributed by atoms with Crippen molar-refractivity contribution in [3.05, 3.63) is 35.4 Å². The maximum absolute atomic E-state index is 11.8. The van der Waals surface area contributed by atoms with E-state index in [2.05, 4.69) is 31.2 Å². The minimum atomic E-state index is 0.256. The summed E-state index contributed by atoms with van der Waals surface area (Å²) in [6.07, 6.45) is 10.4. The lowest BCUT2D eigenvalue weighted by atomic mass is 9.54. The summed E-state index contributed by atoms with van der Waals surface area (Å²) in [4.78, 5) is 11.8. The fourth-order valence-corrected chi connectivity index (χ4v) is 4.91. The van der Waals surface area contributed by atoms with E-state index < -0.39 is 0 Å². The van der Waals surface area contributed by atoms with Crippen LogP contribution in [0.15, 0.2) is 24.3 Å². The average molecular weight is 284 g/mol. The first-order valence-corrected chi connectivity index (χ1v) is 8.78. The summed E-state index contributed by atoms with van der Waals surface area (Å²) < 4.78 is 0. The van der Waals surface area contributed by atoms with Crippen LogP contribution in [0.1, 0.15) is 87.1 Å². The van der Waals surface area contributed by atoms with E-state index in [1.165, 1.54) is 50.5 Å². The van der Waals surface area contributed by atoms with Gasteiger partial charge < -0.3 is 0 Å². The Morgan fingerprint density at radius 1 is 1.10 bits per heavy atom. The number of rotatable bonds is 3. The Kier molecular flexibility index (Phi) is 4.19. The van der Waals surface area contributed by atoms with Crippen molar-refractivity contribution in [2.24, 2.45) is 11.3 Å². The molecule has 2 aliphatic carbocycles. The highest BCUT2D eigenvalue weighted by molar-refractivity contribution is 5.95. The van der Waals surface area contributed by atoms with Gasteiger partial charge >= 0.3 is 0 Å². The zero-order valence-electron chi connectivity index (χ0n) is 13.5. The topological polar surface area (TPSA) is 17.1 Å². The largest absolute Gasteiger partial charge is 0.294 e. The molecule has 0 heterocycles. The number of carbonyl (C=O) groups is 1. The van der Waals surface area contributed by atoms with Crippen LogP contribution in [0.2, 0.25) is 0 Å². The second-order valence-corrected chi connectivity index (χ2v) is 7.33. The third-order valence-electron chi connectivity index (χ3n) is 6.25. The molecule has 0 spiro atoms. The smallest absolute Gasteiger partial charge is 0.162 e. The normalized spacial score (nSPS) is 32.5. The predicted molar refractivity (Wildman–Crippen MR) is 87.7 cm³/mol. The van der Waals surface area contributed by atoms with Crippen molar-refractivity contribution in [1.29, 1.82) is 0 Å². The minimum absolute atomic E-state index is 0.256. The molecular formula is C20H28O. The van der Waals surface area contributed by atoms with Crippen molar-refractivity contribution in [3.63, 3.8) is 0 Å². The van der Waals surface area contributed by atoms with E-state index in [9.17, 15) is 4.79 Å². The van der Waals surface area contributed by atoms with Crippen LogP contribution in [0.25, 0.3) is 0 Å². The molecule has 114 valence electrons. The van der Waals surface area contributed by atoms with Gasteiger partial charge in [-0.25, -0.2) is 0 Å². The van der Waals surface area contributed by atoms with Crippen LogP contribution in [-0.4, -0.2) is 5.78 Å². The molecule has 1 aromatic rings. The predicted octanol–water partition coefficient (Wildman–Crippen LogP) is 5.74. The number of Topliss-reactive ketones (excluding diaryl/α,β-unsaturated/α-hetero) is 1. The molecule has 0 bridgehead atoms. The van der Waals surface area contributed by atoms with E-state index in [0.29, 0.717) is 17.8 Å². The standard InChI is InChI=1S/C20H28O/c1-3-19(21)16-12-10-15(11-13-16)18-9-6-8-17-7-4-5-14-20(17,18)2/h10-13,17-18H,3-9,14H2,1-2H3/t17-,18?,20+/m1/s1. The van der Waals surface area contributed by atoms with E-state index in [1.54, 1.807) is 0 Å². The molecule has 2 aliphatic rings. The Labute approximate surface area is 129 Å². The average Bonchev–Trinajstić information content (AvgIpc) is 2.53. The molecule has 0 aliphatic heterocycles. The minimum Gasteiger partial charge on any atom is -0.294 e. The fraction of sp³-hybridized carbons (Fsp3) is 0.650. The lowest BCUT2D eigenvalue weighted by Crippen LogP contribution is -2.39. The molecule has 0 N–H and O–H groups in total. The summed E-state index contributed by atoms with van der Waals surface area (Å²) in [7, 11) is 0. The number of benzene rings is 1. The molecule has 0 saturated heterocycles. The van der Waals surface area contributed by atoms with Crippen LogP contribution < -0.4 is 0 Å². The summed E-state index contributed by atoms with van der Waals surface area (Å²) in [6, 6.07) is 8.57. The maximum atomic E-state index is 11.8. The molecular weight excluding hydrogens is 256 g/mol. The van der Waals surface area contributed by atoms with Crippen LogP contribution in [-0.2, 0) is 0 Å². The van der Waals surface area contributed by atoms with E-state index >= 15 is 0 Å². The van der Waals surface area contributed by atoms with Crippen LogP contribution in [0, 0.1) is 11.3 Å². The van der Waals surface area contributed by atoms with Gasteiger partial charge in [0.05, 0.1) is 0 Å². The van der Waals surface area contributed by atoms with Crippen molar-refractivity contribution < 1.29 is 4.79 Å². The molecule has 3 rings (SSSR count). The Morgan fingerprint density at radius 3 is 2.52 bits per heavy atom. The van der Waals surface area contributed by atoms with Crippen LogP contribution in [0.3, 0.4) is 0 Å². The highest BCUT2D eigenvalue weighted by Crippen LogP contribution is 2.57. The van der Waals surface area contributed by atoms with Gasteiger partial charge in [0.15, 0.2) is 5.78 Å². The molecule has 0 aromatic heterocycles. The molecule has 0 radical (unpaired) electrons. The Morgan fingerprint density at radius 2 is 1.81 bits per heavy atom.